The molecule has 74 valence electrons. The molecule has 13 heavy (non-hydrogen) atoms. The summed E-state index contributed by atoms with van der Waals surface area (Å²) < 4.78 is 5.38. The van der Waals surface area contributed by atoms with Crippen molar-refractivity contribution in [2.45, 2.75) is 44.3 Å². The molecule has 1 N–H and O–H groups in total. The number of oxazole rings is 1. The first kappa shape index (κ1) is 10.6. The maximum Gasteiger partial charge on any atom is 0.256 e. The third-order valence-corrected chi connectivity index (χ3v) is 3.12. The molecule has 4 heteroatoms. The van der Waals surface area contributed by atoms with E-state index < -0.39 is 0 Å². The van der Waals surface area contributed by atoms with Crippen molar-refractivity contribution in [3.05, 3.63) is 11.5 Å². The number of hydrogen-bond acceptors (Lipinski definition) is 4. The minimum absolute atomic E-state index is 0.109. The Morgan fingerprint density at radius 1 is 1.38 bits per heavy atom. The van der Waals surface area contributed by atoms with Crippen LogP contribution in [0.15, 0.2) is 9.64 Å². The lowest BCUT2D eigenvalue weighted by Crippen LogP contribution is -2.14. The van der Waals surface area contributed by atoms with Crippen molar-refractivity contribution in [2.75, 3.05) is 0 Å². The molecule has 0 aromatic carbocycles. The average Bonchev–Trinajstić information content (AvgIpc) is 2.31. The lowest BCUT2D eigenvalue weighted by atomic mass is 10.3. The van der Waals surface area contributed by atoms with Gasteiger partial charge >= 0.3 is 0 Å². The minimum atomic E-state index is -0.350. The molecule has 0 fully saturated rings. The van der Waals surface area contributed by atoms with Crippen LogP contribution in [0.5, 0.6) is 0 Å². The van der Waals surface area contributed by atoms with E-state index in [4.69, 9.17) is 4.42 Å². The highest BCUT2D eigenvalue weighted by Crippen LogP contribution is 2.25. The number of aryl methyl sites for hydroxylation is 2. The van der Waals surface area contributed by atoms with Gasteiger partial charge in [0, 0.05) is 5.25 Å². The van der Waals surface area contributed by atoms with E-state index in [1.807, 2.05) is 20.8 Å². The Morgan fingerprint density at radius 3 is 2.38 bits per heavy atom. The quantitative estimate of drug-likeness (QED) is 0.761. The van der Waals surface area contributed by atoms with Crippen molar-refractivity contribution in [3.63, 3.8) is 0 Å². The average molecular weight is 201 g/mol. The number of nitrogens with zero attached hydrogens (tertiary/aromatic N) is 1. The van der Waals surface area contributed by atoms with E-state index in [1.54, 1.807) is 6.92 Å². The molecule has 1 aromatic heterocycles. The molecule has 0 saturated heterocycles. The molecule has 2 unspecified atom stereocenters. The molecule has 1 aromatic rings. The Bertz CT molecular complexity index is 264. The number of rotatable bonds is 3. The summed E-state index contributed by atoms with van der Waals surface area (Å²) in [4.78, 5) is 4.22. The van der Waals surface area contributed by atoms with Gasteiger partial charge < -0.3 is 9.52 Å². The summed E-state index contributed by atoms with van der Waals surface area (Å²) in [5.74, 6) is 0.847. The first-order valence-electron chi connectivity index (χ1n) is 4.29. The third-order valence-electron chi connectivity index (χ3n) is 1.97. The second kappa shape index (κ2) is 4.15. The second-order valence-electron chi connectivity index (χ2n) is 3.18. The molecule has 0 aliphatic rings. The van der Waals surface area contributed by atoms with Gasteiger partial charge in [0.2, 0.25) is 0 Å². The largest absolute Gasteiger partial charge is 0.437 e. The van der Waals surface area contributed by atoms with E-state index in [0.717, 1.165) is 11.5 Å². The first-order valence-corrected chi connectivity index (χ1v) is 5.17. The van der Waals surface area contributed by atoms with Crippen molar-refractivity contribution in [1.82, 2.24) is 4.98 Å². The Balaban J connectivity index is 2.64. The van der Waals surface area contributed by atoms with Gasteiger partial charge in [-0.05, 0) is 20.8 Å². The van der Waals surface area contributed by atoms with Crippen molar-refractivity contribution in [2.24, 2.45) is 0 Å². The van der Waals surface area contributed by atoms with Crippen LogP contribution < -0.4 is 0 Å². The normalized spacial score (nSPS) is 15.8. The zero-order valence-corrected chi connectivity index (χ0v) is 9.18. The predicted molar refractivity (Wildman–Crippen MR) is 53.0 cm³/mol. The molecular formula is C9H15NO2S. The van der Waals surface area contributed by atoms with Gasteiger partial charge in [-0.25, -0.2) is 4.98 Å². The van der Waals surface area contributed by atoms with E-state index in [2.05, 4.69) is 4.98 Å². The highest BCUT2D eigenvalue weighted by atomic mass is 32.2. The Labute approximate surface area is 82.6 Å². The van der Waals surface area contributed by atoms with Gasteiger partial charge in [-0.1, -0.05) is 18.7 Å². The van der Waals surface area contributed by atoms with Crippen LogP contribution in [0.3, 0.4) is 0 Å². The lowest BCUT2D eigenvalue weighted by Gasteiger charge is -2.10. The summed E-state index contributed by atoms with van der Waals surface area (Å²) >= 11 is 1.46. The highest BCUT2D eigenvalue weighted by molar-refractivity contribution is 7.99. The Morgan fingerprint density at radius 2 is 2.00 bits per heavy atom. The maximum atomic E-state index is 9.27. The molecule has 0 aliphatic heterocycles. The molecule has 0 aliphatic carbocycles. The number of aromatic nitrogens is 1. The van der Waals surface area contributed by atoms with Crippen LogP contribution in [0.4, 0.5) is 0 Å². The fourth-order valence-corrected chi connectivity index (χ4v) is 1.63. The van der Waals surface area contributed by atoms with Gasteiger partial charge in [0.25, 0.3) is 5.22 Å². The van der Waals surface area contributed by atoms with Gasteiger partial charge in [-0.15, -0.1) is 0 Å². The topological polar surface area (TPSA) is 46.3 Å². The zero-order valence-electron chi connectivity index (χ0n) is 8.37. The van der Waals surface area contributed by atoms with Crippen LogP contribution in [0.2, 0.25) is 0 Å². The summed E-state index contributed by atoms with van der Waals surface area (Å²) in [5.41, 5.74) is 0.917. The monoisotopic (exact) mass is 201 g/mol. The van der Waals surface area contributed by atoms with E-state index in [-0.39, 0.29) is 11.4 Å². The minimum Gasteiger partial charge on any atom is -0.437 e. The van der Waals surface area contributed by atoms with Crippen LogP contribution in [0.1, 0.15) is 25.3 Å². The molecule has 1 rings (SSSR count). The fourth-order valence-electron chi connectivity index (χ4n) is 0.751. The van der Waals surface area contributed by atoms with Crippen molar-refractivity contribution in [1.29, 1.82) is 0 Å². The van der Waals surface area contributed by atoms with Gasteiger partial charge in [0.05, 0.1) is 11.8 Å². The van der Waals surface area contributed by atoms with Gasteiger partial charge in [0.1, 0.15) is 5.76 Å². The Hall–Kier alpha value is -0.480. The van der Waals surface area contributed by atoms with Crippen LogP contribution in [-0.4, -0.2) is 21.4 Å². The van der Waals surface area contributed by atoms with Crippen LogP contribution in [0.25, 0.3) is 0 Å². The number of hydrogen-bond donors (Lipinski definition) is 1. The molecule has 0 saturated carbocycles. The van der Waals surface area contributed by atoms with Crippen LogP contribution in [-0.2, 0) is 0 Å². The van der Waals surface area contributed by atoms with Gasteiger partial charge in [-0.2, -0.15) is 0 Å². The third kappa shape index (κ3) is 2.74. The smallest absolute Gasteiger partial charge is 0.256 e. The van der Waals surface area contributed by atoms with Crippen molar-refractivity contribution >= 4 is 11.8 Å². The molecule has 1 heterocycles. The van der Waals surface area contributed by atoms with E-state index in [9.17, 15) is 5.11 Å². The summed E-state index contributed by atoms with van der Waals surface area (Å²) in [6, 6.07) is 0. The number of aliphatic hydroxyl groups is 1. The number of aliphatic hydroxyl groups excluding tert-OH is 1. The molecule has 2 atom stereocenters. The molecule has 3 nitrogen and oxygen atoms in total. The molecule has 0 bridgehead atoms. The summed E-state index contributed by atoms with van der Waals surface area (Å²) in [6.07, 6.45) is -0.350. The van der Waals surface area contributed by atoms with E-state index in [1.165, 1.54) is 11.8 Å². The van der Waals surface area contributed by atoms with E-state index >= 15 is 0 Å². The summed E-state index contributed by atoms with van der Waals surface area (Å²) in [6.45, 7) is 7.51. The lowest BCUT2D eigenvalue weighted by molar-refractivity contribution is 0.196. The molecular weight excluding hydrogens is 186 g/mol. The summed E-state index contributed by atoms with van der Waals surface area (Å²) in [7, 11) is 0. The van der Waals surface area contributed by atoms with Crippen LogP contribution in [0, 0.1) is 13.8 Å². The van der Waals surface area contributed by atoms with E-state index in [0.29, 0.717) is 5.22 Å². The number of thioether (sulfide) groups is 1. The maximum absolute atomic E-state index is 9.27. The molecule has 0 spiro atoms. The molecule has 0 radical (unpaired) electrons. The van der Waals surface area contributed by atoms with Gasteiger partial charge in [0.15, 0.2) is 0 Å². The second-order valence-corrected chi connectivity index (χ2v) is 4.51. The van der Waals surface area contributed by atoms with Crippen LogP contribution >= 0.6 is 11.8 Å². The Kier molecular flexibility index (Phi) is 3.39. The standard InChI is InChI=1S/C9H15NO2S/c1-5-7(3)12-9(10-5)13-8(4)6(2)11/h6,8,11H,1-4H3. The molecule has 0 amide bonds. The first-order chi connectivity index (χ1) is 6.00. The predicted octanol–water partition coefficient (Wildman–Crippen LogP) is 2.15. The van der Waals surface area contributed by atoms with Crippen molar-refractivity contribution in [3.8, 4) is 0 Å². The van der Waals surface area contributed by atoms with Crippen molar-refractivity contribution < 1.29 is 9.52 Å². The van der Waals surface area contributed by atoms with Gasteiger partial charge in [-0.3, -0.25) is 0 Å². The fraction of sp³-hybridized carbons (Fsp3) is 0.667. The SMILES string of the molecule is Cc1nc(SC(C)C(C)O)oc1C. The summed E-state index contributed by atoms with van der Waals surface area (Å²) in [5, 5.41) is 10.0. The zero-order chi connectivity index (χ0) is 10.0. The highest BCUT2D eigenvalue weighted by Gasteiger charge is 2.14.